The highest BCUT2D eigenvalue weighted by Crippen LogP contribution is 2.43. The van der Waals surface area contributed by atoms with Crippen molar-refractivity contribution in [3.63, 3.8) is 0 Å². The molecule has 3 aliphatic heterocycles. The molecule has 1 saturated heterocycles. The molecule has 0 unspecified atom stereocenters. The SMILES string of the molecule is O=C1N(c2ccc(CC3=NCCN3)cc2)c2cc(Cl)c(OCc3ccccc3)cc2C(C2CCCCC2)=NN1C1CCOCC1. The van der Waals surface area contributed by atoms with Crippen molar-refractivity contribution in [3.05, 3.63) is 88.4 Å². The highest BCUT2D eigenvalue weighted by Gasteiger charge is 2.38. The Bertz CT molecular complexity index is 1560. The second-order valence-corrected chi connectivity index (χ2v) is 12.7. The Kier molecular flexibility index (Phi) is 9.03. The largest absolute Gasteiger partial charge is 0.487 e. The molecule has 3 heterocycles. The van der Waals surface area contributed by atoms with Crippen LogP contribution in [0.1, 0.15) is 61.6 Å². The maximum absolute atomic E-state index is 14.7. The molecular formula is C36H40ClN5O3. The van der Waals surface area contributed by atoms with Crippen LogP contribution in [0.5, 0.6) is 5.75 Å². The molecule has 0 bridgehead atoms. The van der Waals surface area contributed by atoms with Crippen LogP contribution in [-0.2, 0) is 17.8 Å². The summed E-state index contributed by atoms with van der Waals surface area (Å²) in [5.74, 6) is 1.85. The summed E-state index contributed by atoms with van der Waals surface area (Å²) in [7, 11) is 0. The molecule has 4 aliphatic rings. The second-order valence-electron chi connectivity index (χ2n) is 12.3. The minimum absolute atomic E-state index is 0.0448. The van der Waals surface area contributed by atoms with Crippen LogP contribution in [0.4, 0.5) is 16.2 Å². The molecular weight excluding hydrogens is 586 g/mol. The number of nitrogens with zero attached hydrogens (tertiary/aromatic N) is 4. The van der Waals surface area contributed by atoms with E-state index in [-0.39, 0.29) is 18.0 Å². The van der Waals surface area contributed by atoms with Gasteiger partial charge >= 0.3 is 6.03 Å². The van der Waals surface area contributed by atoms with Gasteiger partial charge in [-0.3, -0.25) is 9.89 Å². The average Bonchev–Trinajstić information content (AvgIpc) is 3.56. The first kappa shape index (κ1) is 29.8. The number of anilines is 2. The van der Waals surface area contributed by atoms with Crippen molar-refractivity contribution in [1.82, 2.24) is 10.3 Å². The van der Waals surface area contributed by atoms with E-state index in [1.54, 1.807) is 9.91 Å². The Morgan fingerprint density at radius 2 is 1.71 bits per heavy atom. The highest BCUT2D eigenvalue weighted by atomic mass is 35.5. The molecule has 1 N–H and O–H groups in total. The van der Waals surface area contributed by atoms with E-state index in [4.69, 9.17) is 26.2 Å². The summed E-state index contributed by atoms with van der Waals surface area (Å²) >= 11 is 6.97. The molecule has 3 aromatic rings. The maximum atomic E-state index is 14.7. The normalized spacial score (nSPS) is 19.4. The van der Waals surface area contributed by atoms with Crippen molar-refractivity contribution in [1.29, 1.82) is 0 Å². The topological polar surface area (TPSA) is 78.8 Å². The van der Waals surface area contributed by atoms with Crippen LogP contribution in [0.3, 0.4) is 0 Å². The van der Waals surface area contributed by atoms with Gasteiger partial charge in [0.2, 0.25) is 0 Å². The van der Waals surface area contributed by atoms with Gasteiger partial charge in [0.15, 0.2) is 0 Å². The first-order valence-electron chi connectivity index (χ1n) is 16.3. The van der Waals surface area contributed by atoms with Crippen LogP contribution < -0.4 is 15.0 Å². The monoisotopic (exact) mass is 625 g/mol. The van der Waals surface area contributed by atoms with Gasteiger partial charge in [-0.1, -0.05) is 73.3 Å². The fourth-order valence-corrected chi connectivity index (χ4v) is 7.03. The van der Waals surface area contributed by atoms with E-state index in [0.717, 1.165) is 97.6 Å². The third-order valence-electron chi connectivity index (χ3n) is 9.25. The summed E-state index contributed by atoms with van der Waals surface area (Å²) < 4.78 is 12.0. The molecule has 2 amide bonds. The predicted molar refractivity (Wildman–Crippen MR) is 179 cm³/mol. The van der Waals surface area contributed by atoms with Crippen LogP contribution in [0, 0.1) is 5.92 Å². The average molecular weight is 626 g/mol. The fraction of sp³-hybridized carbons (Fsp3) is 0.417. The van der Waals surface area contributed by atoms with Gasteiger partial charge in [0.05, 0.1) is 34.7 Å². The number of carbonyl (C=O) groups is 1. The predicted octanol–water partition coefficient (Wildman–Crippen LogP) is 7.50. The number of amidine groups is 1. The maximum Gasteiger partial charge on any atom is 0.349 e. The van der Waals surface area contributed by atoms with Crippen LogP contribution in [0.2, 0.25) is 5.02 Å². The van der Waals surface area contributed by atoms with Gasteiger partial charge < -0.3 is 14.8 Å². The van der Waals surface area contributed by atoms with Gasteiger partial charge in [0.1, 0.15) is 18.2 Å². The van der Waals surface area contributed by atoms with Gasteiger partial charge in [-0.25, -0.2) is 9.80 Å². The number of rotatable bonds is 8. The fourth-order valence-electron chi connectivity index (χ4n) is 6.81. The summed E-state index contributed by atoms with van der Waals surface area (Å²) in [6.07, 6.45) is 7.86. The van der Waals surface area contributed by atoms with Gasteiger partial charge in [0, 0.05) is 37.7 Å². The zero-order valence-electron chi connectivity index (χ0n) is 25.6. The van der Waals surface area contributed by atoms with Crippen molar-refractivity contribution in [2.24, 2.45) is 16.0 Å². The Labute approximate surface area is 270 Å². The third-order valence-corrected chi connectivity index (χ3v) is 9.54. The van der Waals surface area contributed by atoms with Crippen LogP contribution >= 0.6 is 11.6 Å². The molecule has 45 heavy (non-hydrogen) atoms. The third kappa shape index (κ3) is 6.58. The van der Waals surface area contributed by atoms with Gasteiger partial charge in [0.25, 0.3) is 0 Å². The summed E-state index contributed by atoms with van der Waals surface area (Å²) in [6, 6.07) is 22.0. The van der Waals surface area contributed by atoms with Gasteiger partial charge in [-0.05, 0) is 61.1 Å². The molecule has 234 valence electrons. The number of ether oxygens (including phenoxy) is 2. The number of nitrogens with one attached hydrogen (secondary N) is 1. The molecule has 2 fully saturated rings. The second kappa shape index (κ2) is 13.6. The smallest absolute Gasteiger partial charge is 0.349 e. The Balaban J connectivity index is 1.32. The van der Waals surface area contributed by atoms with E-state index in [0.29, 0.717) is 30.6 Å². The molecule has 1 saturated carbocycles. The van der Waals surface area contributed by atoms with E-state index in [1.165, 1.54) is 6.42 Å². The first-order chi connectivity index (χ1) is 22.1. The van der Waals surface area contributed by atoms with Crippen LogP contribution in [0.15, 0.2) is 76.8 Å². The molecule has 1 aliphatic carbocycles. The van der Waals surface area contributed by atoms with Crippen molar-refractivity contribution in [2.75, 3.05) is 31.2 Å². The lowest BCUT2D eigenvalue weighted by atomic mass is 9.82. The number of urea groups is 1. The van der Waals surface area contributed by atoms with E-state index in [1.807, 2.05) is 54.6 Å². The molecule has 7 rings (SSSR count). The van der Waals surface area contributed by atoms with Crippen molar-refractivity contribution < 1.29 is 14.3 Å². The molecule has 0 radical (unpaired) electrons. The van der Waals surface area contributed by atoms with E-state index < -0.39 is 0 Å². The summed E-state index contributed by atoms with van der Waals surface area (Å²) in [5, 5.41) is 10.8. The summed E-state index contributed by atoms with van der Waals surface area (Å²) in [5.41, 5.74) is 5.58. The van der Waals surface area contributed by atoms with Gasteiger partial charge in [-0.2, -0.15) is 5.10 Å². The number of hydrogen-bond donors (Lipinski definition) is 1. The highest BCUT2D eigenvalue weighted by molar-refractivity contribution is 6.33. The number of carbonyl (C=O) groups excluding carboxylic acids is 1. The zero-order chi connectivity index (χ0) is 30.6. The van der Waals surface area contributed by atoms with Gasteiger partial charge in [-0.15, -0.1) is 0 Å². The number of hydrazone groups is 1. The lowest BCUT2D eigenvalue weighted by molar-refractivity contribution is 0.0480. The Hall–Kier alpha value is -3.88. The Morgan fingerprint density at radius 1 is 0.933 bits per heavy atom. The number of amides is 2. The standard InChI is InChI=1S/C36H40ClN5O3/c37-31-23-32-30(22-33(31)45-24-26-7-3-1-4-8-26)35(27-9-5-2-6-10-27)40-42(29-15-19-44-20-16-29)36(43)41(32)28-13-11-25(12-14-28)21-34-38-17-18-39-34/h1,3-4,7-8,11-14,22-23,27,29H,2,5-6,9-10,15-21,24H2,(H,38,39). The zero-order valence-corrected chi connectivity index (χ0v) is 26.3. The molecule has 0 atom stereocenters. The van der Waals surface area contributed by atoms with E-state index >= 15 is 0 Å². The first-order valence-corrected chi connectivity index (χ1v) is 16.7. The lowest BCUT2D eigenvalue weighted by Gasteiger charge is -2.33. The number of halogens is 1. The lowest BCUT2D eigenvalue weighted by Crippen LogP contribution is -2.45. The number of benzene rings is 3. The Morgan fingerprint density at radius 3 is 2.44 bits per heavy atom. The minimum Gasteiger partial charge on any atom is -0.487 e. The molecule has 0 aromatic heterocycles. The van der Waals surface area contributed by atoms with Crippen LogP contribution in [-0.4, -0.2) is 54.9 Å². The molecule has 8 nitrogen and oxygen atoms in total. The van der Waals surface area contributed by atoms with E-state index in [2.05, 4.69) is 22.4 Å². The van der Waals surface area contributed by atoms with Crippen molar-refractivity contribution >= 4 is 40.6 Å². The van der Waals surface area contributed by atoms with Crippen molar-refractivity contribution in [3.8, 4) is 5.75 Å². The number of aliphatic imine (C=N–C) groups is 1. The summed E-state index contributed by atoms with van der Waals surface area (Å²) in [6.45, 7) is 3.33. The van der Waals surface area contributed by atoms with Crippen molar-refractivity contribution in [2.45, 2.75) is 64.0 Å². The number of hydrogen-bond acceptors (Lipinski definition) is 6. The summed E-state index contributed by atoms with van der Waals surface area (Å²) in [4.78, 5) is 21.1. The number of fused-ring (bicyclic) bond motifs is 1. The minimum atomic E-state index is -0.169. The molecule has 0 spiro atoms. The van der Waals surface area contributed by atoms with E-state index in [9.17, 15) is 4.79 Å². The van der Waals surface area contributed by atoms with Crippen LogP contribution in [0.25, 0.3) is 0 Å². The molecule has 9 heteroatoms. The quantitative estimate of drug-likeness (QED) is 0.281. The molecule has 3 aromatic carbocycles.